The molecule has 0 bridgehead atoms. The molecule has 2 heterocycles. The lowest BCUT2D eigenvalue weighted by atomic mass is 9.95. The van der Waals surface area contributed by atoms with Crippen LogP contribution in [-0.2, 0) is 6.42 Å². The van der Waals surface area contributed by atoms with Crippen molar-refractivity contribution in [1.29, 1.82) is 0 Å². The van der Waals surface area contributed by atoms with E-state index >= 15 is 0 Å². The summed E-state index contributed by atoms with van der Waals surface area (Å²) in [7, 11) is 0. The molecule has 0 radical (unpaired) electrons. The second-order valence-electron chi connectivity index (χ2n) is 7.60. The monoisotopic (exact) mass is 390 g/mol. The van der Waals surface area contributed by atoms with Crippen LogP contribution in [0, 0.1) is 0 Å². The second-order valence-corrected chi connectivity index (χ2v) is 7.60. The van der Waals surface area contributed by atoms with Gasteiger partial charge in [-0.3, -0.25) is 14.6 Å². The summed E-state index contributed by atoms with van der Waals surface area (Å²) in [5.41, 5.74) is 3.01. The van der Waals surface area contributed by atoms with E-state index in [0.29, 0.717) is 17.8 Å². The zero-order valence-corrected chi connectivity index (χ0v) is 16.4. The van der Waals surface area contributed by atoms with Crippen LogP contribution < -0.4 is 10.6 Å². The number of rotatable bonds is 6. The number of H-pyrrole nitrogens is 1. The molecule has 0 spiro atoms. The molecule has 1 fully saturated rings. The first-order valence-corrected chi connectivity index (χ1v) is 10.3. The van der Waals surface area contributed by atoms with Crippen molar-refractivity contribution in [3.05, 3.63) is 65.6 Å². The third-order valence-corrected chi connectivity index (χ3v) is 5.55. The van der Waals surface area contributed by atoms with Crippen molar-refractivity contribution in [2.75, 3.05) is 6.54 Å². The minimum absolute atomic E-state index is 0.195. The topological polar surface area (TPSA) is 86.9 Å². The van der Waals surface area contributed by atoms with Gasteiger partial charge in [-0.25, -0.2) is 0 Å². The highest BCUT2D eigenvalue weighted by molar-refractivity contribution is 5.98. The number of fused-ring (bicyclic) bond motifs is 1. The Hall–Kier alpha value is -3.15. The van der Waals surface area contributed by atoms with Gasteiger partial charge in [-0.15, -0.1) is 0 Å². The number of nitrogens with one attached hydrogen (secondary N) is 3. The van der Waals surface area contributed by atoms with Crippen molar-refractivity contribution in [3.63, 3.8) is 0 Å². The minimum atomic E-state index is -0.203. The largest absolute Gasteiger partial charge is 0.361 e. The first-order valence-electron chi connectivity index (χ1n) is 10.3. The molecule has 2 amide bonds. The van der Waals surface area contributed by atoms with Crippen LogP contribution in [0.25, 0.3) is 10.9 Å². The molecule has 29 heavy (non-hydrogen) atoms. The SMILES string of the molecule is O=C(NCCc1c[nH]c2ccccc12)c1ccnc(C(=O)NC2CCCCC2)c1. The number of carbonyl (C=O) groups is 2. The smallest absolute Gasteiger partial charge is 0.270 e. The van der Waals surface area contributed by atoms with Crippen LogP contribution in [0.5, 0.6) is 0 Å². The van der Waals surface area contributed by atoms with Crippen LogP contribution in [0.1, 0.15) is 58.5 Å². The Morgan fingerprint density at radius 2 is 1.90 bits per heavy atom. The highest BCUT2D eigenvalue weighted by Gasteiger charge is 2.18. The standard InChI is InChI=1S/C23H26N4O2/c28-22(25-13-11-17-15-26-20-9-5-4-8-19(17)20)16-10-12-24-21(14-16)23(29)27-18-6-2-1-3-7-18/h4-5,8-10,12,14-15,18,26H,1-3,6-7,11,13H2,(H,25,28)(H,27,29). The second kappa shape index (κ2) is 8.90. The van der Waals surface area contributed by atoms with E-state index in [9.17, 15) is 9.59 Å². The van der Waals surface area contributed by atoms with Crippen molar-refractivity contribution in [1.82, 2.24) is 20.6 Å². The van der Waals surface area contributed by atoms with Gasteiger partial charge in [0.2, 0.25) is 0 Å². The molecule has 150 valence electrons. The first-order chi connectivity index (χ1) is 14.2. The van der Waals surface area contributed by atoms with Crippen molar-refractivity contribution in [3.8, 4) is 0 Å². The van der Waals surface area contributed by atoms with Gasteiger partial charge in [-0.1, -0.05) is 37.5 Å². The van der Waals surface area contributed by atoms with E-state index in [1.807, 2.05) is 24.4 Å². The van der Waals surface area contributed by atoms with Crippen LogP contribution in [-0.4, -0.2) is 34.4 Å². The quantitative estimate of drug-likeness (QED) is 0.601. The van der Waals surface area contributed by atoms with Gasteiger partial charge < -0.3 is 15.6 Å². The highest BCUT2D eigenvalue weighted by Crippen LogP contribution is 2.18. The number of aromatic nitrogens is 2. The van der Waals surface area contributed by atoms with Gasteiger partial charge in [0, 0.05) is 41.4 Å². The molecule has 6 heteroatoms. The maximum absolute atomic E-state index is 12.5. The molecule has 3 aromatic rings. The first kappa shape index (κ1) is 19.2. The van der Waals surface area contributed by atoms with E-state index in [0.717, 1.165) is 37.6 Å². The number of aromatic amines is 1. The number of amides is 2. The average molecular weight is 390 g/mol. The minimum Gasteiger partial charge on any atom is -0.361 e. The number of carbonyl (C=O) groups excluding carboxylic acids is 2. The molecular formula is C23H26N4O2. The molecule has 0 saturated heterocycles. The summed E-state index contributed by atoms with van der Waals surface area (Å²) in [5, 5.41) is 7.15. The fourth-order valence-corrected chi connectivity index (χ4v) is 3.95. The molecule has 3 N–H and O–H groups in total. The number of nitrogens with zero attached hydrogens (tertiary/aromatic N) is 1. The fraction of sp³-hybridized carbons (Fsp3) is 0.348. The third kappa shape index (κ3) is 4.65. The summed E-state index contributed by atoms with van der Waals surface area (Å²) < 4.78 is 0. The van der Waals surface area contributed by atoms with Gasteiger partial charge in [-0.05, 0) is 43.0 Å². The van der Waals surface area contributed by atoms with Gasteiger partial charge in [0.05, 0.1) is 0 Å². The van der Waals surface area contributed by atoms with E-state index in [-0.39, 0.29) is 17.9 Å². The summed E-state index contributed by atoms with van der Waals surface area (Å²) >= 11 is 0. The van der Waals surface area contributed by atoms with Crippen LogP contribution in [0.4, 0.5) is 0 Å². The van der Waals surface area contributed by atoms with Crippen molar-refractivity contribution >= 4 is 22.7 Å². The van der Waals surface area contributed by atoms with Crippen LogP contribution in [0.15, 0.2) is 48.8 Å². The van der Waals surface area contributed by atoms with E-state index in [1.165, 1.54) is 23.6 Å². The van der Waals surface area contributed by atoms with Gasteiger partial charge in [-0.2, -0.15) is 0 Å². The molecule has 1 aromatic carbocycles. The van der Waals surface area contributed by atoms with E-state index in [2.05, 4.69) is 26.7 Å². The summed E-state index contributed by atoms with van der Waals surface area (Å²) in [4.78, 5) is 32.4. The number of para-hydroxylation sites is 1. The van der Waals surface area contributed by atoms with Gasteiger partial charge >= 0.3 is 0 Å². The Bertz CT molecular complexity index is 1000. The molecule has 6 nitrogen and oxygen atoms in total. The molecular weight excluding hydrogens is 364 g/mol. The molecule has 4 rings (SSSR count). The lowest BCUT2D eigenvalue weighted by molar-refractivity contribution is 0.0922. The van der Waals surface area contributed by atoms with Crippen LogP contribution in [0.3, 0.4) is 0 Å². The lowest BCUT2D eigenvalue weighted by Crippen LogP contribution is -2.36. The Labute approximate surface area is 170 Å². The normalized spacial score (nSPS) is 14.6. The highest BCUT2D eigenvalue weighted by atomic mass is 16.2. The number of hydrogen-bond acceptors (Lipinski definition) is 3. The summed E-state index contributed by atoms with van der Waals surface area (Å²) in [6.45, 7) is 0.520. The summed E-state index contributed by atoms with van der Waals surface area (Å²) in [6.07, 6.45) is 9.80. The predicted octanol–water partition coefficient (Wildman–Crippen LogP) is 3.60. The maximum Gasteiger partial charge on any atom is 0.270 e. The van der Waals surface area contributed by atoms with Crippen LogP contribution >= 0.6 is 0 Å². The zero-order chi connectivity index (χ0) is 20.1. The van der Waals surface area contributed by atoms with E-state index < -0.39 is 0 Å². The average Bonchev–Trinajstić information content (AvgIpc) is 3.18. The van der Waals surface area contributed by atoms with Gasteiger partial charge in [0.25, 0.3) is 11.8 Å². The number of benzene rings is 1. The zero-order valence-electron chi connectivity index (χ0n) is 16.4. The molecule has 1 saturated carbocycles. The van der Waals surface area contributed by atoms with E-state index in [1.54, 1.807) is 12.1 Å². The molecule has 0 unspecified atom stereocenters. The molecule has 1 aliphatic rings. The Balaban J connectivity index is 1.33. The number of pyridine rings is 1. The Morgan fingerprint density at radius 3 is 2.76 bits per heavy atom. The van der Waals surface area contributed by atoms with Gasteiger partial charge in [0.15, 0.2) is 0 Å². The molecule has 1 aliphatic carbocycles. The van der Waals surface area contributed by atoms with Crippen molar-refractivity contribution in [2.45, 2.75) is 44.6 Å². The van der Waals surface area contributed by atoms with Gasteiger partial charge in [0.1, 0.15) is 5.69 Å². The molecule has 0 atom stereocenters. The van der Waals surface area contributed by atoms with Crippen molar-refractivity contribution in [2.24, 2.45) is 0 Å². The predicted molar refractivity (Wildman–Crippen MR) is 113 cm³/mol. The van der Waals surface area contributed by atoms with Crippen LogP contribution in [0.2, 0.25) is 0 Å². The summed E-state index contributed by atoms with van der Waals surface area (Å²) in [6, 6.07) is 11.5. The molecule has 0 aliphatic heterocycles. The lowest BCUT2D eigenvalue weighted by Gasteiger charge is -2.22. The maximum atomic E-state index is 12.5. The summed E-state index contributed by atoms with van der Waals surface area (Å²) in [5.74, 6) is -0.399. The number of hydrogen-bond donors (Lipinski definition) is 3. The van der Waals surface area contributed by atoms with Crippen molar-refractivity contribution < 1.29 is 9.59 Å². The fourth-order valence-electron chi connectivity index (χ4n) is 3.95. The molecule has 2 aromatic heterocycles. The Morgan fingerprint density at radius 1 is 1.07 bits per heavy atom. The third-order valence-electron chi connectivity index (χ3n) is 5.55. The Kier molecular flexibility index (Phi) is 5.89. The van der Waals surface area contributed by atoms with E-state index in [4.69, 9.17) is 0 Å².